The molecule has 2 amide bonds. The second-order valence-electron chi connectivity index (χ2n) is 8.59. The van der Waals surface area contributed by atoms with Gasteiger partial charge in [-0.15, -0.1) is 0 Å². The number of carbonyl (C=O) groups is 2. The molecule has 1 aliphatic rings. The van der Waals surface area contributed by atoms with Crippen molar-refractivity contribution in [1.29, 1.82) is 0 Å². The summed E-state index contributed by atoms with van der Waals surface area (Å²) < 4.78 is 0. The molecule has 0 radical (unpaired) electrons. The quantitative estimate of drug-likeness (QED) is 0.496. The number of nitrogens with one attached hydrogen (secondary N) is 1. The Hall–Kier alpha value is -2.86. The zero-order valence-electron chi connectivity index (χ0n) is 20.1. The van der Waals surface area contributed by atoms with Crippen LogP contribution >= 0.6 is 11.8 Å². The first-order valence-corrected chi connectivity index (χ1v) is 12.5. The van der Waals surface area contributed by atoms with Gasteiger partial charge in [0.25, 0.3) is 5.91 Å². The molecule has 2 aromatic carbocycles. The second-order valence-corrected chi connectivity index (χ2v) is 9.53. The van der Waals surface area contributed by atoms with E-state index in [0.29, 0.717) is 16.8 Å². The molecule has 1 aliphatic heterocycles. The predicted octanol–water partition coefficient (Wildman–Crippen LogP) is 5.90. The molecular formula is C27H33N3O2S. The fourth-order valence-electron chi connectivity index (χ4n) is 3.54. The number of anilines is 1. The van der Waals surface area contributed by atoms with Crippen molar-refractivity contribution >= 4 is 40.5 Å². The maximum Gasteiger partial charge on any atom is 0.283 e. The van der Waals surface area contributed by atoms with E-state index in [4.69, 9.17) is 0 Å². The first-order valence-electron chi connectivity index (χ1n) is 11.6. The Morgan fingerprint density at radius 3 is 2.27 bits per heavy atom. The van der Waals surface area contributed by atoms with E-state index < -0.39 is 0 Å². The summed E-state index contributed by atoms with van der Waals surface area (Å²) in [6.45, 7) is 10.4. The molecule has 0 bridgehead atoms. The molecule has 3 rings (SSSR count). The molecule has 6 heteroatoms. The standard InChI is InChI=1S/C27H33N3O2S/c1-6-22(7-2)28-25(31)17-33-27-29-24(16-20-10-12-21(13-11-20)18(3)4)26(32)30(27)23-14-8-19(5)9-15-23/h8-16,18,22H,6-7,17H2,1-5H3,(H,28,31). The van der Waals surface area contributed by atoms with Gasteiger partial charge in [0.1, 0.15) is 5.70 Å². The number of thioether (sulfide) groups is 1. The molecule has 0 aromatic heterocycles. The van der Waals surface area contributed by atoms with E-state index in [-0.39, 0.29) is 23.6 Å². The van der Waals surface area contributed by atoms with E-state index in [0.717, 1.165) is 29.7 Å². The van der Waals surface area contributed by atoms with Crippen LogP contribution in [0.3, 0.4) is 0 Å². The molecule has 0 saturated carbocycles. The van der Waals surface area contributed by atoms with Crippen LogP contribution in [0.25, 0.3) is 6.08 Å². The summed E-state index contributed by atoms with van der Waals surface area (Å²) in [6.07, 6.45) is 3.60. The minimum absolute atomic E-state index is 0.0468. The molecule has 5 nitrogen and oxygen atoms in total. The second kappa shape index (κ2) is 11.3. The van der Waals surface area contributed by atoms with Gasteiger partial charge < -0.3 is 5.32 Å². The fourth-order valence-corrected chi connectivity index (χ4v) is 4.37. The van der Waals surface area contributed by atoms with Crippen molar-refractivity contribution in [3.8, 4) is 0 Å². The highest BCUT2D eigenvalue weighted by Gasteiger charge is 2.32. The van der Waals surface area contributed by atoms with Crippen LogP contribution in [0, 0.1) is 6.92 Å². The van der Waals surface area contributed by atoms with E-state index in [2.05, 4.69) is 50.1 Å². The smallest absolute Gasteiger partial charge is 0.283 e. The highest BCUT2D eigenvalue weighted by atomic mass is 32.2. The summed E-state index contributed by atoms with van der Waals surface area (Å²) in [7, 11) is 0. The van der Waals surface area contributed by atoms with Crippen molar-refractivity contribution in [3.05, 3.63) is 70.9 Å². The third kappa shape index (κ3) is 6.35. The third-order valence-electron chi connectivity index (χ3n) is 5.71. The molecule has 0 atom stereocenters. The van der Waals surface area contributed by atoms with Gasteiger partial charge in [-0.1, -0.05) is 81.4 Å². The van der Waals surface area contributed by atoms with E-state index >= 15 is 0 Å². The van der Waals surface area contributed by atoms with Gasteiger partial charge in [-0.2, -0.15) is 0 Å². The van der Waals surface area contributed by atoms with Gasteiger partial charge >= 0.3 is 0 Å². The summed E-state index contributed by atoms with van der Waals surface area (Å²) in [5, 5.41) is 3.57. The number of hydrogen-bond donors (Lipinski definition) is 1. The number of nitrogens with zero attached hydrogens (tertiary/aromatic N) is 2. The first kappa shape index (κ1) is 24.8. The highest BCUT2D eigenvalue weighted by Crippen LogP contribution is 2.30. The minimum atomic E-state index is -0.185. The van der Waals surface area contributed by atoms with Gasteiger partial charge in [0, 0.05) is 6.04 Å². The lowest BCUT2D eigenvalue weighted by Crippen LogP contribution is -2.36. The number of carbonyl (C=O) groups excluding carboxylic acids is 2. The van der Waals surface area contributed by atoms with Gasteiger partial charge in [0.15, 0.2) is 5.17 Å². The van der Waals surface area contributed by atoms with Gasteiger partial charge in [-0.05, 0) is 55.0 Å². The molecular weight excluding hydrogens is 430 g/mol. The van der Waals surface area contributed by atoms with Crippen LogP contribution < -0.4 is 10.2 Å². The maximum atomic E-state index is 13.3. The van der Waals surface area contributed by atoms with Crippen LogP contribution in [0.4, 0.5) is 5.69 Å². The molecule has 0 spiro atoms. The summed E-state index contributed by atoms with van der Waals surface area (Å²) in [5.41, 5.74) is 4.40. The van der Waals surface area contributed by atoms with Crippen LogP contribution in [0.15, 0.2) is 59.2 Å². The van der Waals surface area contributed by atoms with E-state index in [1.807, 2.05) is 49.4 Å². The number of amides is 2. The van der Waals surface area contributed by atoms with Crippen molar-refractivity contribution in [2.45, 2.75) is 59.4 Å². The Kier molecular flexibility index (Phi) is 8.50. The zero-order chi connectivity index (χ0) is 24.0. The fraction of sp³-hybridized carbons (Fsp3) is 0.370. The van der Waals surface area contributed by atoms with Crippen molar-refractivity contribution in [3.63, 3.8) is 0 Å². The molecule has 1 N–H and O–H groups in total. The zero-order valence-corrected chi connectivity index (χ0v) is 20.9. The number of aryl methyl sites for hydroxylation is 1. The lowest BCUT2D eigenvalue weighted by atomic mass is 10.0. The SMILES string of the molecule is CCC(CC)NC(=O)CSC1=NC(=Cc2ccc(C(C)C)cc2)C(=O)N1c1ccc(C)cc1. The topological polar surface area (TPSA) is 61.8 Å². The Labute approximate surface area is 201 Å². The molecule has 33 heavy (non-hydrogen) atoms. The number of benzene rings is 2. The lowest BCUT2D eigenvalue weighted by molar-refractivity contribution is -0.119. The lowest BCUT2D eigenvalue weighted by Gasteiger charge is -2.19. The molecule has 0 unspecified atom stereocenters. The van der Waals surface area contributed by atoms with Crippen molar-refractivity contribution < 1.29 is 9.59 Å². The molecule has 0 fully saturated rings. The Morgan fingerprint density at radius 2 is 1.70 bits per heavy atom. The number of hydrogen-bond acceptors (Lipinski definition) is 4. The Bertz CT molecular complexity index is 1040. The Balaban J connectivity index is 1.85. The van der Waals surface area contributed by atoms with Crippen LogP contribution in [0.5, 0.6) is 0 Å². The van der Waals surface area contributed by atoms with Crippen LogP contribution in [0.1, 0.15) is 63.1 Å². The number of rotatable bonds is 8. The number of amidine groups is 1. The highest BCUT2D eigenvalue weighted by molar-refractivity contribution is 8.14. The average Bonchev–Trinajstić information content (AvgIpc) is 3.11. The third-order valence-corrected chi connectivity index (χ3v) is 6.65. The van der Waals surface area contributed by atoms with Crippen molar-refractivity contribution in [2.24, 2.45) is 4.99 Å². The monoisotopic (exact) mass is 463 g/mol. The van der Waals surface area contributed by atoms with E-state index in [9.17, 15) is 9.59 Å². The summed E-state index contributed by atoms with van der Waals surface area (Å²) in [5.74, 6) is 0.426. The molecule has 0 saturated heterocycles. The average molecular weight is 464 g/mol. The largest absolute Gasteiger partial charge is 0.353 e. The van der Waals surface area contributed by atoms with Gasteiger partial charge in [0.2, 0.25) is 5.91 Å². The van der Waals surface area contributed by atoms with Crippen molar-refractivity contribution in [2.75, 3.05) is 10.7 Å². The molecule has 0 aliphatic carbocycles. The summed E-state index contributed by atoms with van der Waals surface area (Å²) in [4.78, 5) is 32.0. The molecule has 1 heterocycles. The Morgan fingerprint density at radius 1 is 1.06 bits per heavy atom. The van der Waals surface area contributed by atoms with E-state index in [1.165, 1.54) is 17.3 Å². The molecule has 174 valence electrons. The maximum absolute atomic E-state index is 13.3. The summed E-state index contributed by atoms with van der Waals surface area (Å²) >= 11 is 1.29. The number of aliphatic imine (C=N–C) groups is 1. The first-order chi connectivity index (χ1) is 15.8. The molecule has 2 aromatic rings. The predicted molar refractivity (Wildman–Crippen MR) is 140 cm³/mol. The van der Waals surface area contributed by atoms with Crippen molar-refractivity contribution in [1.82, 2.24) is 5.32 Å². The normalized spacial score (nSPS) is 15.0. The van der Waals surface area contributed by atoms with E-state index in [1.54, 1.807) is 4.90 Å². The minimum Gasteiger partial charge on any atom is -0.353 e. The van der Waals surface area contributed by atoms with Gasteiger partial charge in [0.05, 0.1) is 11.4 Å². The van der Waals surface area contributed by atoms with Crippen LogP contribution in [-0.4, -0.2) is 28.8 Å². The van der Waals surface area contributed by atoms with Crippen LogP contribution in [0.2, 0.25) is 0 Å². The van der Waals surface area contributed by atoms with Crippen LogP contribution in [-0.2, 0) is 9.59 Å². The van der Waals surface area contributed by atoms with Gasteiger partial charge in [-0.3, -0.25) is 14.5 Å². The van der Waals surface area contributed by atoms with Gasteiger partial charge in [-0.25, -0.2) is 4.99 Å². The summed E-state index contributed by atoms with van der Waals surface area (Å²) in [6, 6.07) is 16.1.